The molecule has 0 spiro atoms. The molecule has 2 aliphatic rings. The van der Waals surface area contributed by atoms with Crippen LogP contribution in [-0.4, -0.2) is 54.6 Å². The molecule has 18 heavy (non-hydrogen) atoms. The summed E-state index contributed by atoms with van der Waals surface area (Å²) in [7, 11) is 0. The molecule has 2 rings (SSSR count). The standard InChI is InChI=1S/C13H22N2O3/c1-2-18-12(16)11-6-5-9-15(10-11)13(17)14-7-3-4-8-14/h11H,2-10H2,1H3/t11-/m0/s1. The first kappa shape index (κ1) is 13.2. The molecule has 5 heteroatoms. The van der Waals surface area contributed by atoms with Gasteiger partial charge in [0.15, 0.2) is 0 Å². The van der Waals surface area contributed by atoms with E-state index in [4.69, 9.17) is 4.74 Å². The zero-order valence-corrected chi connectivity index (χ0v) is 11.1. The number of nitrogens with zero attached hydrogens (tertiary/aromatic N) is 2. The molecule has 2 heterocycles. The van der Waals surface area contributed by atoms with E-state index in [1.165, 1.54) is 0 Å². The molecule has 0 bridgehead atoms. The van der Waals surface area contributed by atoms with Gasteiger partial charge >= 0.3 is 12.0 Å². The summed E-state index contributed by atoms with van der Waals surface area (Å²) < 4.78 is 5.04. The number of esters is 1. The Morgan fingerprint density at radius 3 is 2.44 bits per heavy atom. The summed E-state index contributed by atoms with van der Waals surface area (Å²) in [6.07, 6.45) is 3.92. The second-order valence-electron chi connectivity index (χ2n) is 5.01. The highest BCUT2D eigenvalue weighted by Crippen LogP contribution is 2.20. The summed E-state index contributed by atoms with van der Waals surface area (Å²) in [5.41, 5.74) is 0. The minimum atomic E-state index is -0.156. The van der Waals surface area contributed by atoms with Gasteiger partial charge in [0.05, 0.1) is 12.5 Å². The molecule has 5 nitrogen and oxygen atoms in total. The lowest BCUT2D eigenvalue weighted by Gasteiger charge is -2.34. The molecule has 0 saturated carbocycles. The van der Waals surface area contributed by atoms with E-state index in [2.05, 4.69) is 0 Å². The normalized spacial score (nSPS) is 24.2. The number of ether oxygens (including phenoxy) is 1. The molecule has 2 aliphatic heterocycles. The van der Waals surface area contributed by atoms with Gasteiger partial charge in [-0.3, -0.25) is 4.79 Å². The summed E-state index contributed by atoms with van der Waals surface area (Å²) in [6.45, 7) is 5.24. The van der Waals surface area contributed by atoms with Crippen molar-refractivity contribution in [3.05, 3.63) is 0 Å². The first-order chi connectivity index (χ1) is 8.72. The summed E-state index contributed by atoms with van der Waals surface area (Å²) in [5, 5.41) is 0. The van der Waals surface area contributed by atoms with Gasteiger partial charge in [-0.25, -0.2) is 4.79 Å². The predicted molar refractivity (Wildman–Crippen MR) is 67.1 cm³/mol. The van der Waals surface area contributed by atoms with Crippen molar-refractivity contribution in [2.24, 2.45) is 5.92 Å². The van der Waals surface area contributed by atoms with Gasteiger partial charge in [0.2, 0.25) is 0 Å². The second kappa shape index (κ2) is 6.07. The van der Waals surface area contributed by atoms with Crippen molar-refractivity contribution in [1.29, 1.82) is 0 Å². The van der Waals surface area contributed by atoms with Crippen molar-refractivity contribution in [3.63, 3.8) is 0 Å². The smallest absolute Gasteiger partial charge is 0.320 e. The number of rotatable bonds is 2. The van der Waals surface area contributed by atoms with Gasteiger partial charge in [-0.05, 0) is 32.6 Å². The fourth-order valence-electron chi connectivity index (χ4n) is 2.71. The molecule has 0 aromatic heterocycles. The van der Waals surface area contributed by atoms with Crippen LogP contribution in [0.3, 0.4) is 0 Å². The average molecular weight is 254 g/mol. The van der Waals surface area contributed by atoms with Gasteiger partial charge < -0.3 is 14.5 Å². The largest absolute Gasteiger partial charge is 0.466 e. The maximum Gasteiger partial charge on any atom is 0.320 e. The van der Waals surface area contributed by atoms with E-state index in [1.807, 2.05) is 16.7 Å². The van der Waals surface area contributed by atoms with Gasteiger partial charge in [0.25, 0.3) is 0 Å². The van der Waals surface area contributed by atoms with Gasteiger partial charge in [-0.1, -0.05) is 0 Å². The first-order valence-corrected chi connectivity index (χ1v) is 6.93. The number of hydrogen-bond donors (Lipinski definition) is 0. The van der Waals surface area contributed by atoms with E-state index in [-0.39, 0.29) is 17.9 Å². The number of hydrogen-bond acceptors (Lipinski definition) is 3. The lowest BCUT2D eigenvalue weighted by molar-refractivity contribution is -0.149. The van der Waals surface area contributed by atoms with Crippen LogP contribution in [0.1, 0.15) is 32.6 Å². The van der Waals surface area contributed by atoms with Crippen molar-refractivity contribution in [1.82, 2.24) is 9.80 Å². The molecule has 0 N–H and O–H groups in total. The summed E-state index contributed by atoms with van der Waals surface area (Å²) in [6, 6.07) is 0.0986. The van der Waals surface area contributed by atoms with E-state index >= 15 is 0 Å². The lowest BCUT2D eigenvalue weighted by Crippen LogP contribution is -2.48. The Morgan fingerprint density at radius 1 is 1.11 bits per heavy atom. The third-order valence-electron chi connectivity index (χ3n) is 3.69. The van der Waals surface area contributed by atoms with Crippen LogP contribution in [-0.2, 0) is 9.53 Å². The maximum absolute atomic E-state index is 12.2. The maximum atomic E-state index is 12.2. The number of piperidine rings is 1. The molecular weight excluding hydrogens is 232 g/mol. The van der Waals surface area contributed by atoms with Gasteiger partial charge in [-0.2, -0.15) is 0 Å². The van der Waals surface area contributed by atoms with Crippen molar-refractivity contribution >= 4 is 12.0 Å². The number of likely N-dealkylation sites (tertiary alicyclic amines) is 2. The highest BCUT2D eigenvalue weighted by atomic mass is 16.5. The van der Waals surface area contributed by atoms with Crippen LogP contribution >= 0.6 is 0 Å². The molecule has 2 saturated heterocycles. The minimum absolute atomic E-state index is 0.0986. The quantitative estimate of drug-likeness (QED) is 0.701. The van der Waals surface area contributed by atoms with Crippen LogP contribution < -0.4 is 0 Å². The molecule has 0 aromatic carbocycles. The predicted octanol–water partition coefficient (Wildman–Crippen LogP) is 1.48. The fraction of sp³-hybridized carbons (Fsp3) is 0.846. The number of urea groups is 1. The van der Waals surface area contributed by atoms with E-state index in [0.29, 0.717) is 13.2 Å². The summed E-state index contributed by atoms with van der Waals surface area (Å²) in [5.74, 6) is -0.290. The Hall–Kier alpha value is -1.26. The molecule has 2 amide bonds. The van der Waals surface area contributed by atoms with Crippen molar-refractivity contribution < 1.29 is 14.3 Å². The summed E-state index contributed by atoms with van der Waals surface area (Å²) >= 11 is 0. The zero-order valence-electron chi connectivity index (χ0n) is 11.1. The van der Waals surface area contributed by atoms with E-state index in [1.54, 1.807) is 0 Å². The summed E-state index contributed by atoms with van der Waals surface area (Å²) in [4.78, 5) is 27.7. The SMILES string of the molecule is CCOC(=O)[C@H]1CCCN(C(=O)N2CCCC2)C1. The molecule has 1 atom stereocenters. The monoisotopic (exact) mass is 254 g/mol. The van der Waals surface area contributed by atoms with Crippen molar-refractivity contribution in [2.75, 3.05) is 32.8 Å². The van der Waals surface area contributed by atoms with Crippen molar-refractivity contribution in [2.45, 2.75) is 32.6 Å². The van der Waals surface area contributed by atoms with Crippen LogP contribution in [0, 0.1) is 5.92 Å². The van der Waals surface area contributed by atoms with Gasteiger partial charge in [-0.15, -0.1) is 0 Å². The van der Waals surface area contributed by atoms with Crippen LogP contribution in [0.15, 0.2) is 0 Å². The van der Waals surface area contributed by atoms with Gasteiger partial charge in [0, 0.05) is 26.2 Å². The van der Waals surface area contributed by atoms with Crippen LogP contribution in [0.25, 0.3) is 0 Å². The second-order valence-corrected chi connectivity index (χ2v) is 5.01. The third kappa shape index (κ3) is 2.94. The molecule has 0 aliphatic carbocycles. The topological polar surface area (TPSA) is 49.9 Å². The Bertz CT molecular complexity index is 313. The van der Waals surface area contributed by atoms with E-state index < -0.39 is 0 Å². The fourth-order valence-corrected chi connectivity index (χ4v) is 2.71. The number of carbonyl (C=O) groups excluding carboxylic acids is 2. The van der Waals surface area contributed by atoms with E-state index in [0.717, 1.165) is 45.3 Å². The highest BCUT2D eigenvalue weighted by Gasteiger charge is 2.32. The third-order valence-corrected chi connectivity index (χ3v) is 3.69. The first-order valence-electron chi connectivity index (χ1n) is 6.93. The average Bonchev–Trinajstić information content (AvgIpc) is 2.92. The Morgan fingerprint density at radius 2 is 1.78 bits per heavy atom. The molecule has 2 fully saturated rings. The molecule has 0 aromatic rings. The zero-order chi connectivity index (χ0) is 13.0. The minimum Gasteiger partial charge on any atom is -0.466 e. The van der Waals surface area contributed by atoms with Crippen LogP contribution in [0.2, 0.25) is 0 Å². The molecular formula is C13H22N2O3. The van der Waals surface area contributed by atoms with Gasteiger partial charge in [0.1, 0.15) is 0 Å². The lowest BCUT2D eigenvalue weighted by atomic mass is 9.98. The molecule has 102 valence electrons. The van der Waals surface area contributed by atoms with Crippen molar-refractivity contribution in [3.8, 4) is 0 Å². The van der Waals surface area contributed by atoms with E-state index in [9.17, 15) is 9.59 Å². The molecule has 0 unspecified atom stereocenters. The Balaban J connectivity index is 1.89. The number of amides is 2. The Labute approximate surface area is 108 Å². The van der Waals surface area contributed by atoms with Crippen LogP contribution in [0.4, 0.5) is 4.79 Å². The highest BCUT2D eigenvalue weighted by molar-refractivity contribution is 5.77. The number of carbonyl (C=O) groups is 2. The van der Waals surface area contributed by atoms with Crippen LogP contribution in [0.5, 0.6) is 0 Å². The molecule has 0 radical (unpaired) electrons. The Kier molecular flexibility index (Phi) is 4.44.